The molecule has 6 rings (SSSR count). The van der Waals surface area contributed by atoms with Crippen LogP contribution in [0.4, 0.5) is 0 Å². The van der Waals surface area contributed by atoms with Crippen LogP contribution in [0.5, 0.6) is 0 Å². The predicted octanol–water partition coefficient (Wildman–Crippen LogP) is 8.07. The van der Waals surface area contributed by atoms with Crippen LogP contribution in [0.25, 0.3) is 11.1 Å². The number of carbonyl (C=O) groups excluding carboxylic acids is 2. The zero-order valence-corrected chi connectivity index (χ0v) is 34.2. The molecule has 0 spiro atoms. The Hall–Kier alpha value is -5.10. The molecule has 4 heterocycles. The topological polar surface area (TPSA) is 139 Å². The molecule has 2 aliphatic rings. The first-order valence-electron chi connectivity index (χ1n) is 17.4. The van der Waals surface area contributed by atoms with Gasteiger partial charge in [-0.05, 0) is 109 Å². The van der Waals surface area contributed by atoms with E-state index >= 15 is 0 Å². The second kappa shape index (κ2) is 15.9. The molecule has 0 aliphatic carbocycles. The number of benzene rings is 2. The fourth-order valence-corrected chi connectivity index (χ4v) is 7.48. The van der Waals surface area contributed by atoms with E-state index in [1.165, 1.54) is 22.3 Å². The number of amides is 2. The monoisotopic (exact) mass is 798 g/mol. The Labute approximate surface area is 327 Å². The van der Waals surface area contributed by atoms with Gasteiger partial charge in [-0.3, -0.25) is 19.6 Å². The van der Waals surface area contributed by atoms with Crippen molar-refractivity contribution in [1.29, 1.82) is 0 Å². The molecule has 8 nitrogen and oxygen atoms in total. The number of nitrogens with zero attached hydrogens (tertiary/aromatic N) is 4. The molecule has 53 heavy (non-hydrogen) atoms. The predicted molar refractivity (Wildman–Crippen MR) is 213 cm³/mol. The van der Waals surface area contributed by atoms with Gasteiger partial charge in [-0.2, -0.15) is 5.69 Å². The second-order valence-corrected chi connectivity index (χ2v) is 14.2. The Kier molecular flexibility index (Phi) is 12.2. The maximum atomic E-state index is 11.9. The minimum atomic E-state index is -0.443. The van der Waals surface area contributed by atoms with Crippen LogP contribution in [0.3, 0.4) is 0 Å². The third-order valence-electron chi connectivity index (χ3n) is 9.38. The second-order valence-electron chi connectivity index (χ2n) is 14.2. The summed E-state index contributed by atoms with van der Waals surface area (Å²) in [6.45, 7) is 23.9. The van der Waals surface area contributed by atoms with Gasteiger partial charge in [-0.15, -0.1) is 17.1 Å². The minimum absolute atomic E-state index is 0. The maximum absolute atomic E-state index is 11.9. The summed E-state index contributed by atoms with van der Waals surface area (Å²) < 4.78 is 0. The van der Waals surface area contributed by atoms with Gasteiger partial charge in [-0.25, -0.2) is 0 Å². The van der Waals surface area contributed by atoms with Crippen molar-refractivity contribution in [3.63, 3.8) is 0 Å². The molecule has 2 aromatic carbocycles. The Morgan fingerprint density at radius 3 is 1.49 bits per heavy atom. The number of nitrogens with two attached hydrogens (primary N) is 2. The molecular weight excluding hydrogens is 751 g/mol. The number of primary amides is 2. The van der Waals surface area contributed by atoms with Crippen LogP contribution in [0.1, 0.15) is 105 Å². The molecule has 4 aromatic rings. The SMILES string of the molecule is CC1=CC(C)=N/C1=C(/c1cc(C)cc(C)c1)c1[n-]c(C)c(C(N)=O)c1C.CC1=N/C(=C(/c2cc(C)cc(C)c2)c2[n-]c(C)cc2C)C(C)=C1C(N)=O.[Pd+2]. The van der Waals surface area contributed by atoms with E-state index in [1.54, 1.807) is 0 Å². The molecule has 9 heteroatoms. The summed E-state index contributed by atoms with van der Waals surface area (Å²) in [5, 5.41) is 0. The molecule has 0 fully saturated rings. The van der Waals surface area contributed by atoms with E-state index in [0.29, 0.717) is 22.5 Å². The Morgan fingerprint density at radius 1 is 0.604 bits per heavy atom. The molecule has 0 radical (unpaired) electrons. The summed E-state index contributed by atoms with van der Waals surface area (Å²) in [4.78, 5) is 42.7. The van der Waals surface area contributed by atoms with Crippen molar-refractivity contribution >= 4 is 34.4 Å². The van der Waals surface area contributed by atoms with Gasteiger partial charge in [0.05, 0.1) is 22.7 Å². The summed E-state index contributed by atoms with van der Waals surface area (Å²) in [6, 6.07) is 14.9. The average molecular weight is 799 g/mol. The number of carbonyl (C=O) groups is 2. The normalized spacial score (nSPS) is 15.7. The fraction of sp³-hybridized carbons (Fsp3) is 0.273. The molecular formula is C44H48N6O2Pd. The number of rotatable bonds is 6. The van der Waals surface area contributed by atoms with Crippen LogP contribution in [-0.4, -0.2) is 23.2 Å². The fourth-order valence-electron chi connectivity index (χ4n) is 7.48. The van der Waals surface area contributed by atoms with Gasteiger partial charge in [0, 0.05) is 11.3 Å². The summed E-state index contributed by atoms with van der Waals surface area (Å²) in [5.41, 5.74) is 31.3. The molecule has 0 unspecified atom stereocenters. The van der Waals surface area contributed by atoms with E-state index in [-0.39, 0.29) is 20.4 Å². The number of aryl methyl sites for hydroxylation is 7. The van der Waals surface area contributed by atoms with Crippen molar-refractivity contribution in [2.45, 2.75) is 83.1 Å². The van der Waals surface area contributed by atoms with Crippen molar-refractivity contribution in [3.8, 4) is 0 Å². The van der Waals surface area contributed by atoms with Gasteiger partial charge in [0.25, 0.3) is 5.91 Å². The van der Waals surface area contributed by atoms with Crippen molar-refractivity contribution in [2.24, 2.45) is 21.5 Å². The van der Waals surface area contributed by atoms with Crippen LogP contribution < -0.4 is 21.4 Å². The number of aliphatic imine (C=N–C) groups is 2. The zero-order valence-electron chi connectivity index (χ0n) is 32.7. The summed E-state index contributed by atoms with van der Waals surface area (Å²) in [7, 11) is 0. The van der Waals surface area contributed by atoms with Gasteiger partial charge in [0.2, 0.25) is 5.91 Å². The van der Waals surface area contributed by atoms with Crippen molar-refractivity contribution in [3.05, 3.63) is 150 Å². The number of aromatic nitrogens is 2. The van der Waals surface area contributed by atoms with Crippen LogP contribution in [0.15, 0.2) is 86.6 Å². The maximum Gasteiger partial charge on any atom is 2.00 e. The van der Waals surface area contributed by atoms with Crippen LogP contribution >= 0.6 is 0 Å². The van der Waals surface area contributed by atoms with Gasteiger partial charge >= 0.3 is 20.4 Å². The Balaban J connectivity index is 0.000000232. The molecule has 0 bridgehead atoms. The minimum Gasteiger partial charge on any atom is -0.661 e. The number of hydrogen-bond donors (Lipinski definition) is 2. The van der Waals surface area contributed by atoms with Crippen LogP contribution in [0, 0.1) is 55.4 Å². The first-order chi connectivity index (χ1) is 24.4. The van der Waals surface area contributed by atoms with E-state index in [2.05, 4.69) is 90.1 Å². The third kappa shape index (κ3) is 8.27. The largest absolute Gasteiger partial charge is 2.00 e. The van der Waals surface area contributed by atoms with E-state index in [4.69, 9.17) is 31.4 Å². The first-order valence-corrected chi connectivity index (χ1v) is 17.4. The molecule has 0 saturated carbocycles. The first kappa shape index (κ1) is 40.7. The Morgan fingerprint density at radius 2 is 1.11 bits per heavy atom. The molecule has 4 N–H and O–H groups in total. The van der Waals surface area contributed by atoms with E-state index in [0.717, 1.165) is 78.7 Å². The summed E-state index contributed by atoms with van der Waals surface area (Å²) in [6.07, 6.45) is 2.07. The molecule has 2 aliphatic heterocycles. The molecule has 2 aromatic heterocycles. The van der Waals surface area contributed by atoms with Crippen LogP contribution in [0.2, 0.25) is 0 Å². The van der Waals surface area contributed by atoms with Gasteiger partial charge < -0.3 is 21.4 Å². The average Bonchev–Trinajstić information content (AvgIpc) is 3.71. The quantitative estimate of drug-likeness (QED) is 0.191. The van der Waals surface area contributed by atoms with Gasteiger partial charge in [0.1, 0.15) is 0 Å². The number of hydrogen-bond acceptors (Lipinski definition) is 4. The number of allylic oxidation sites excluding steroid dienone is 3. The molecule has 0 atom stereocenters. The smallest absolute Gasteiger partial charge is 0.661 e. The van der Waals surface area contributed by atoms with E-state index < -0.39 is 11.8 Å². The molecule has 276 valence electrons. The standard InChI is InChI=1S/2C22H25N3O.Pd/c2*1-11-7-12(2)9-17(8-11)19(20-13(3)10-14(4)24-20)21-15(5)18(22(23)26)16(6)25-21;/h2*7-10H,1-6H3,(H3,23,24,25,26);/q;;+2/p-2. The third-order valence-corrected chi connectivity index (χ3v) is 9.38. The van der Waals surface area contributed by atoms with Crippen molar-refractivity contribution < 1.29 is 30.0 Å². The van der Waals surface area contributed by atoms with E-state index in [1.807, 2.05) is 41.5 Å². The van der Waals surface area contributed by atoms with E-state index in [9.17, 15) is 9.59 Å². The molecule has 0 saturated heterocycles. The summed E-state index contributed by atoms with van der Waals surface area (Å²) >= 11 is 0. The van der Waals surface area contributed by atoms with Crippen LogP contribution in [-0.2, 0) is 25.2 Å². The Bertz CT molecular complexity index is 2330. The van der Waals surface area contributed by atoms with Gasteiger partial charge in [-0.1, -0.05) is 89.7 Å². The van der Waals surface area contributed by atoms with Crippen molar-refractivity contribution in [2.75, 3.05) is 0 Å². The summed E-state index contributed by atoms with van der Waals surface area (Å²) in [5.74, 6) is -0.885. The zero-order chi connectivity index (χ0) is 38.3. The molecule has 2 amide bonds. The van der Waals surface area contributed by atoms with Crippen molar-refractivity contribution in [1.82, 2.24) is 9.97 Å². The van der Waals surface area contributed by atoms with Gasteiger partial charge in [0.15, 0.2) is 0 Å².